The van der Waals surface area contributed by atoms with Crippen LogP contribution in [0.4, 0.5) is 0 Å². The third-order valence-corrected chi connectivity index (χ3v) is 12.8. The first-order chi connectivity index (χ1) is 31.2. The van der Waals surface area contributed by atoms with Crippen molar-refractivity contribution in [2.45, 2.75) is 276 Å². The van der Waals surface area contributed by atoms with Gasteiger partial charge in [-0.05, 0) is 44.9 Å². The fraction of sp³-hybridized carbons (Fsp3) is 0.887. The van der Waals surface area contributed by atoms with Gasteiger partial charge in [-0.15, -0.1) is 0 Å². The zero-order valence-corrected chi connectivity index (χ0v) is 42.4. The Labute approximate surface area is 393 Å². The second kappa shape index (κ2) is 49.4. The maximum absolute atomic E-state index is 12.7. The normalized spacial score (nSPS) is 13.8. The lowest BCUT2D eigenvalue weighted by atomic mass is 10.0. The number of aliphatic hydroxyl groups excluding tert-OH is 2. The molecule has 0 amide bonds. The highest BCUT2D eigenvalue weighted by Gasteiger charge is 2.27. The van der Waals surface area contributed by atoms with E-state index < -0.39 is 51.8 Å². The number of allylic oxidation sites excluding steroid dienone is 4. The van der Waals surface area contributed by atoms with E-state index in [9.17, 15) is 24.2 Å². The lowest BCUT2D eigenvalue weighted by Gasteiger charge is -2.20. The van der Waals surface area contributed by atoms with Crippen molar-refractivity contribution in [2.75, 3.05) is 26.4 Å². The van der Waals surface area contributed by atoms with Crippen molar-refractivity contribution in [1.29, 1.82) is 0 Å². The van der Waals surface area contributed by atoms with Crippen molar-refractivity contribution in [1.82, 2.24) is 0 Å². The number of carbonyl (C=O) groups excluding carboxylic acids is 2. The molecule has 3 atom stereocenters. The van der Waals surface area contributed by atoms with Gasteiger partial charge in [0.25, 0.3) is 0 Å². The highest BCUT2D eigenvalue weighted by Crippen LogP contribution is 2.43. The topological polar surface area (TPSA) is 149 Å². The Morgan fingerprint density at radius 2 is 0.812 bits per heavy atom. The molecule has 0 aliphatic carbocycles. The fourth-order valence-corrected chi connectivity index (χ4v) is 8.52. The molecule has 0 saturated heterocycles. The molecule has 11 heteroatoms. The molecule has 0 aliphatic heterocycles. The van der Waals surface area contributed by atoms with Crippen LogP contribution in [0.1, 0.15) is 264 Å². The van der Waals surface area contributed by atoms with Gasteiger partial charge in [-0.3, -0.25) is 18.6 Å². The zero-order chi connectivity index (χ0) is 46.9. The van der Waals surface area contributed by atoms with Crippen LogP contribution in [-0.2, 0) is 32.7 Å². The van der Waals surface area contributed by atoms with Gasteiger partial charge < -0.3 is 24.6 Å². The lowest BCUT2D eigenvalue weighted by Crippen LogP contribution is -2.29. The first kappa shape index (κ1) is 62.4. The summed E-state index contributed by atoms with van der Waals surface area (Å²) < 4.78 is 32.9. The summed E-state index contributed by atoms with van der Waals surface area (Å²) in [6.07, 6.45) is 52.9. The SMILES string of the molecule is CCCCCCC/C=C\C/C=C\CCCCCCCCCCCC(=O)OC(COC(=O)CCCCCCCCCCCCCCCCCCCCCC)COP(=O)(O)OCC(O)CO. The first-order valence-electron chi connectivity index (χ1n) is 26.8. The summed E-state index contributed by atoms with van der Waals surface area (Å²) in [7, 11) is -4.62. The molecule has 0 aromatic rings. The highest BCUT2D eigenvalue weighted by molar-refractivity contribution is 7.47. The monoisotopic (exact) mass is 929 g/mol. The summed E-state index contributed by atoms with van der Waals surface area (Å²) in [6, 6.07) is 0. The summed E-state index contributed by atoms with van der Waals surface area (Å²) in [5, 5.41) is 18.4. The smallest absolute Gasteiger partial charge is 0.462 e. The fourth-order valence-electron chi connectivity index (χ4n) is 7.73. The molecular formula is C53H101O10P. The number of hydrogen-bond donors (Lipinski definition) is 3. The van der Waals surface area contributed by atoms with Gasteiger partial charge in [0.1, 0.15) is 12.7 Å². The molecule has 0 fully saturated rings. The summed E-state index contributed by atoms with van der Waals surface area (Å²) in [4.78, 5) is 35.2. The van der Waals surface area contributed by atoms with Crippen molar-refractivity contribution < 1.29 is 47.8 Å². The lowest BCUT2D eigenvalue weighted by molar-refractivity contribution is -0.161. The third kappa shape index (κ3) is 48.4. The van der Waals surface area contributed by atoms with E-state index >= 15 is 0 Å². The Morgan fingerprint density at radius 1 is 0.469 bits per heavy atom. The van der Waals surface area contributed by atoms with Crippen LogP contribution in [0.5, 0.6) is 0 Å². The molecule has 0 saturated carbocycles. The van der Waals surface area contributed by atoms with Crippen LogP contribution in [0.3, 0.4) is 0 Å². The van der Waals surface area contributed by atoms with Crippen LogP contribution in [0, 0.1) is 0 Å². The molecule has 0 rings (SSSR count). The molecule has 0 aromatic heterocycles. The van der Waals surface area contributed by atoms with Crippen molar-refractivity contribution in [2.24, 2.45) is 0 Å². The predicted molar refractivity (Wildman–Crippen MR) is 265 cm³/mol. The van der Waals surface area contributed by atoms with Crippen LogP contribution in [0.25, 0.3) is 0 Å². The molecule has 0 radical (unpaired) electrons. The summed E-state index contributed by atoms with van der Waals surface area (Å²) in [5.74, 6) is -0.914. The van der Waals surface area contributed by atoms with Crippen molar-refractivity contribution in [3.05, 3.63) is 24.3 Å². The number of aliphatic hydroxyl groups is 2. The van der Waals surface area contributed by atoms with Gasteiger partial charge in [-0.2, -0.15) is 0 Å². The minimum absolute atomic E-state index is 0.183. The molecule has 10 nitrogen and oxygen atoms in total. The Balaban J connectivity index is 4.14. The van der Waals surface area contributed by atoms with Crippen LogP contribution in [0.2, 0.25) is 0 Å². The Morgan fingerprint density at radius 3 is 1.20 bits per heavy atom. The van der Waals surface area contributed by atoms with E-state index in [2.05, 4.69) is 38.2 Å². The van der Waals surface area contributed by atoms with E-state index in [4.69, 9.17) is 23.6 Å². The third-order valence-electron chi connectivity index (χ3n) is 11.9. The molecule has 64 heavy (non-hydrogen) atoms. The first-order valence-corrected chi connectivity index (χ1v) is 28.3. The molecule has 378 valence electrons. The van der Waals surface area contributed by atoms with E-state index in [0.717, 1.165) is 51.4 Å². The Bertz CT molecular complexity index is 1110. The predicted octanol–water partition coefficient (Wildman–Crippen LogP) is 15.3. The average Bonchev–Trinajstić information content (AvgIpc) is 3.28. The van der Waals surface area contributed by atoms with Crippen molar-refractivity contribution in [3.8, 4) is 0 Å². The largest absolute Gasteiger partial charge is 0.472 e. The number of hydrogen-bond acceptors (Lipinski definition) is 9. The standard InChI is InChI=1S/C53H101O10P/c1-3-5-7-9-11-13-15-17-19-21-23-25-27-29-31-33-35-37-39-41-43-45-53(57)63-51(49-62-64(58,59)61-47-50(55)46-54)48-60-52(56)44-42-40-38-36-34-32-30-28-26-24-22-20-18-16-14-12-10-8-6-4-2/h15,17,21,23,50-51,54-55H,3-14,16,18-20,22,24-49H2,1-2H3,(H,58,59)/b17-15-,23-21-. The van der Waals surface area contributed by atoms with Crippen LogP contribution in [0.15, 0.2) is 24.3 Å². The number of carbonyl (C=O) groups is 2. The molecule has 0 aliphatic rings. The zero-order valence-electron chi connectivity index (χ0n) is 41.5. The second-order valence-electron chi connectivity index (χ2n) is 18.3. The van der Waals surface area contributed by atoms with Gasteiger partial charge in [0.2, 0.25) is 0 Å². The van der Waals surface area contributed by atoms with E-state index in [1.165, 1.54) is 173 Å². The van der Waals surface area contributed by atoms with Crippen LogP contribution < -0.4 is 0 Å². The molecule has 0 heterocycles. The number of unbranched alkanes of at least 4 members (excludes halogenated alkanes) is 33. The number of phosphoric ester groups is 1. The van der Waals surface area contributed by atoms with Gasteiger partial charge in [0.05, 0.1) is 19.8 Å². The van der Waals surface area contributed by atoms with Gasteiger partial charge >= 0.3 is 19.8 Å². The van der Waals surface area contributed by atoms with Gasteiger partial charge in [0, 0.05) is 12.8 Å². The van der Waals surface area contributed by atoms with Gasteiger partial charge in [-0.25, -0.2) is 4.57 Å². The molecule has 3 N–H and O–H groups in total. The van der Waals surface area contributed by atoms with E-state index in [1.807, 2.05) is 0 Å². The molecular weight excluding hydrogens is 828 g/mol. The van der Waals surface area contributed by atoms with Crippen LogP contribution >= 0.6 is 7.82 Å². The Hall–Kier alpha value is -1.55. The van der Waals surface area contributed by atoms with E-state index in [-0.39, 0.29) is 19.4 Å². The van der Waals surface area contributed by atoms with Gasteiger partial charge in [-0.1, -0.05) is 231 Å². The van der Waals surface area contributed by atoms with Crippen LogP contribution in [-0.4, -0.2) is 65.7 Å². The van der Waals surface area contributed by atoms with E-state index in [0.29, 0.717) is 12.8 Å². The average molecular weight is 929 g/mol. The maximum Gasteiger partial charge on any atom is 0.472 e. The summed E-state index contributed by atoms with van der Waals surface area (Å²) >= 11 is 0. The van der Waals surface area contributed by atoms with Crippen molar-refractivity contribution >= 4 is 19.8 Å². The molecule has 0 spiro atoms. The number of phosphoric acid groups is 1. The molecule has 0 aromatic carbocycles. The summed E-state index contributed by atoms with van der Waals surface area (Å²) in [5.41, 5.74) is 0. The molecule has 3 unspecified atom stereocenters. The quantitative estimate of drug-likeness (QED) is 0.0233. The number of ether oxygens (including phenoxy) is 2. The minimum atomic E-state index is -4.62. The number of rotatable bonds is 51. The summed E-state index contributed by atoms with van der Waals surface area (Å²) in [6.45, 7) is 2.42. The second-order valence-corrected chi connectivity index (χ2v) is 19.7. The van der Waals surface area contributed by atoms with Gasteiger partial charge in [0.15, 0.2) is 6.10 Å². The number of esters is 2. The van der Waals surface area contributed by atoms with E-state index in [1.54, 1.807) is 0 Å². The Kier molecular flexibility index (Phi) is 48.2. The van der Waals surface area contributed by atoms with Crippen molar-refractivity contribution in [3.63, 3.8) is 0 Å². The molecule has 0 bridgehead atoms. The maximum atomic E-state index is 12.7. The minimum Gasteiger partial charge on any atom is -0.462 e. The highest BCUT2D eigenvalue weighted by atomic mass is 31.2.